The number of hydrogen-bond acceptors (Lipinski definition) is 8. The summed E-state index contributed by atoms with van der Waals surface area (Å²) < 4.78 is 11.3. The number of fused-ring (bicyclic) bond motifs is 1. The van der Waals surface area contributed by atoms with Crippen LogP contribution >= 0.6 is 0 Å². The zero-order chi connectivity index (χ0) is 35.4. The van der Waals surface area contributed by atoms with Gasteiger partial charge in [0.05, 0.1) is 12.6 Å². The van der Waals surface area contributed by atoms with Gasteiger partial charge in [-0.2, -0.15) is 0 Å². The second-order valence-electron chi connectivity index (χ2n) is 15.1. The van der Waals surface area contributed by atoms with E-state index in [2.05, 4.69) is 16.0 Å². The van der Waals surface area contributed by atoms with Crippen molar-refractivity contribution in [2.75, 3.05) is 13.1 Å². The van der Waals surface area contributed by atoms with Gasteiger partial charge in [0.2, 0.25) is 17.6 Å². The highest BCUT2D eigenvalue weighted by Gasteiger charge is 2.47. The highest BCUT2D eigenvalue weighted by Crippen LogP contribution is 2.29. The molecule has 264 valence electrons. The smallest absolute Gasteiger partial charge is 0.410 e. The van der Waals surface area contributed by atoms with E-state index in [1.54, 1.807) is 46.4 Å². The van der Waals surface area contributed by atoms with E-state index in [1.165, 1.54) is 10.5 Å². The lowest BCUT2D eigenvalue weighted by Gasteiger charge is -2.36. The van der Waals surface area contributed by atoms with Crippen LogP contribution in [-0.2, 0) is 41.6 Å². The van der Waals surface area contributed by atoms with Gasteiger partial charge in [0, 0.05) is 25.6 Å². The van der Waals surface area contributed by atoms with Crippen molar-refractivity contribution in [3.8, 4) is 0 Å². The summed E-state index contributed by atoms with van der Waals surface area (Å²) in [7, 11) is 0. The monoisotopic (exact) mass is 669 g/mol. The quantitative estimate of drug-likeness (QED) is 0.320. The van der Waals surface area contributed by atoms with E-state index < -0.39 is 70.9 Å². The van der Waals surface area contributed by atoms with Gasteiger partial charge < -0.3 is 35.2 Å². The molecule has 2 fully saturated rings. The van der Waals surface area contributed by atoms with Crippen molar-refractivity contribution >= 4 is 35.7 Å². The minimum Gasteiger partial charge on any atom is -0.444 e. The number of amides is 5. The zero-order valence-electron chi connectivity index (χ0n) is 29.2. The summed E-state index contributed by atoms with van der Waals surface area (Å²) in [6.45, 7) is 13.0. The lowest BCUT2D eigenvalue weighted by Crippen LogP contribution is -2.59. The third kappa shape index (κ3) is 9.70. The van der Waals surface area contributed by atoms with Crippen LogP contribution in [0.1, 0.15) is 91.7 Å². The first-order valence-electron chi connectivity index (χ1n) is 16.9. The average molecular weight is 670 g/mol. The molecule has 0 bridgehead atoms. The van der Waals surface area contributed by atoms with Gasteiger partial charge in [-0.05, 0) is 63.0 Å². The zero-order valence-corrected chi connectivity index (χ0v) is 29.2. The van der Waals surface area contributed by atoms with Crippen molar-refractivity contribution in [2.45, 2.75) is 129 Å². The molecule has 4 rings (SSSR count). The second-order valence-corrected chi connectivity index (χ2v) is 15.1. The van der Waals surface area contributed by atoms with Crippen molar-refractivity contribution < 1.29 is 38.2 Å². The molecule has 1 aliphatic carbocycles. The number of alkyl carbamates (subject to hydrolysis) is 1. The van der Waals surface area contributed by atoms with Crippen LogP contribution in [0.15, 0.2) is 24.3 Å². The maximum atomic E-state index is 14.3. The summed E-state index contributed by atoms with van der Waals surface area (Å²) >= 11 is 0. The fraction of sp³-hybridized carbons (Fsp3) is 0.657. The fourth-order valence-electron chi connectivity index (χ4n) is 5.95. The standard InChI is InChI=1S/C35H51N5O8/c1-8-11-25(27(41)30(43)36-23-14-15-23)37-29(42)26-18-24(47-33(46)39-17-16-21-12-9-10-13-22(21)19-39)20-40(26)31(44)28(34(2,3)4)38-32(45)48-35(5,6)7/h9-10,12-13,23-26,28H,8,11,14-20H2,1-7H3,(H,36,43)(H,37,42)(H,38,45)/t24-,25?,26+,28-/m1/s1. The van der Waals surface area contributed by atoms with Crippen molar-refractivity contribution in [3.63, 3.8) is 0 Å². The van der Waals surface area contributed by atoms with Crippen molar-refractivity contribution in [2.24, 2.45) is 5.41 Å². The molecular formula is C35H51N5O8. The van der Waals surface area contributed by atoms with Crippen LogP contribution in [-0.4, -0.2) is 94.5 Å². The maximum absolute atomic E-state index is 14.3. The van der Waals surface area contributed by atoms with E-state index in [0.717, 1.165) is 18.4 Å². The number of benzene rings is 1. The Morgan fingerprint density at radius 1 is 0.958 bits per heavy atom. The third-order valence-corrected chi connectivity index (χ3v) is 8.63. The highest BCUT2D eigenvalue weighted by atomic mass is 16.6. The topological polar surface area (TPSA) is 163 Å². The molecule has 3 aliphatic rings. The first-order chi connectivity index (χ1) is 22.5. The van der Waals surface area contributed by atoms with Gasteiger partial charge in [-0.3, -0.25) is 19.2 Å². The van der Waals surface area contributed by atoms with E-state index >= 15 is 0 Å². The van der Waals surface area contributed by atoms with Crippen LogP contribution < -0.4 is 16.0 Å². The summed E-state index contributed by atoms with van der Waals surface area (Å²) in [4.78, 5) is 82.9. The molecule has 1 saturated heterocycles. The maximum Gasteiger partial charge on any atom is 0.410 e. The fourth-order valence-corrected chi connectivity index (χ4v) is 5.95. The summed E-state index contributed by atoms with van der Waals surface area (Å²) in [5.41, 5.74) is 0.586. The lowest BCUT2D eigenvalue weighted by molar-refractivity contribution is -0.144. The molecule has 0 spiro atoms. The number of likely N-dealkylation sites (tertiary alicyclic amines) is 1. The van der Waals surface area contributed by atoms with Gasteiger partial charge in [-0.15, -0.1) is 0 Å². The van der Waals surface area contributed by atoms with E-state index in [1.807, 2.05) is 31.2 Å². The van der Waals surface area contributed by atoms with Crippen molar-refractivity contribution in [1.82, 2.24) is 25.8 Å². The van der Waals surface area contributed by atoms with Crippen LogP contribution in [0.5, 0.6) is 0 Å². The van der Waals surface area contributed by atoms with E-state index in [4.69, 9.17) is 9.47 Å². The van der Waals surface area contributed by atoms with Crippen LogP contribution in [0.2, 0.25) is 0 Å². The molecule has 1 saturated carbocycles. The molecule has 4 atom stereocenters. The highest BCUT2D eigenvalue weighted by molar-refractivity contribution is 6.38. The van der Waals surface area contributed by atoms with Gasteiger partial charge in [-0.1, -0.05) is 58.4 Å². The number of Topliss-reactive ketones (excluding diaryl/α,β-unsaturated/α-hetero) is 1. The van der Waals surface area contributed by atoms with E-state index in [9.17, 15) is 28.8 Å². The summed E-state index contributed by atoms with van der Waals surface area (Å²) in [6, 6.07) is 4.52. The van der Waals surface area contributed by atoms with Gasteiger partial charge in [0.15, 0.2) is 0 Å². The van der Waals surface area contributed by atoms with Crippen LogP contribution in [0.4, 0.5) is 9.59 Å². The molecule has 2 heterocycles. The predicted molar refractivity (Wildman–Crippen MR) is 177 cm³/mol. The lowest BCUT2D eigenvalue weighted by atomic mass is 9.85. The van der Waals surface area contributed by atoms with Crippen molar-refractivity contribution in [3.05, 3.63) is 35.4 Å². The predicted octanol–water partition coefficient (Wildman–Crippen LogP) is 3.22. The molecular weight excluding hydrogens is 618 g/mol. The Kier molecular flexibility index (Phi) is 11.4. The summed E-state index contributed by atoms with van der Waals surface area (Å²) in [5, 5.41) is 8.06. The Labute approximate surface area is 282 Å². The number of nitrogens with one attached hydrogen (secondary N) is 3. The molecule has 48 heavy (non-hydrogen) atoms. The molecule has 2 aliphatic heterocycles. The molecule has 13 heteroatoms. The molecule has 1 aromatic rings. The number of hydrogen-bond donors (Lipinski definition) is 3. The van der Waals surface area contributed by atoms with Crippen LogP contribution in [0.3, 0.4) is 0 Å². The van der Waals surface area contributed by atoms with E-state index in [-0.39, 0.29) is 25.4 Å². The van der Waals surface area contributed by atoms with Crippen LogP contribution in [0, 0.1) is 5.41 Å². The number of ether oxygens (including phenoxy) is 2. The molecule has 0 aromatic heterocycles. The average Bonchev–Trinajstić information content (AvgIpc) is 3.72. The molecule has 1 unspecified atom stereocenters. The number of rotatable bonds is 10. The Balaban J connectivity index is 1.55. The van der Waals surface area contributed by atoms with Crippen molar-refractivity contribution in [1.29, 1.82) is 0 Å². The number of ketones is 1. The molecule has 13 nitrogen and oxygen atoms in total. The normalized spacial score (nSPS) is 20.6. The molecule has 5 amide bonds. The number of carbonyl (C=O) groups excluding carboxylic acids is 6. The summed E-state index contributed by atoms with van der Waals surface area (Å²) in [5.74, 6) is -2.71. The molecule has 3 N–H and O–H groups in total. The summed E-state index contributed by atoms with van der Waals surface area (Å²) in [6.07, 6.45) is 0.815. The largest absolute Gasteiger partial charge is 0.444 e. The first-order valence-corrected chi connectivity index (χ1v) is 16.9. The Morgan fingerprint density at radius 2 is 1.62 bits per heavy atom. The third-order valence-electron chi connectivity index (χ3n) is 8.63. The minimum atomic E-state index is -1.14. The number of nitrogens with zero attached hydrogens (tertiary/aromatic N) is 2. The van der Waals surface area contributed by atoms with E-state index in [0.29, 0.717) is 25.9 Å². The SMILES string of the molecule is CCCC(NC(=O)[C@@H]1C[C@@H](OC(=O)N2CCc3ccccc3C2)CN1C(=O)[C@@H](NC(=O)OC(C)(C)C)C(C)(C)C)C(=O)C(=O)NC1CC1. The second kappa shape index (κ2) is 14.9. The Morgan fingerprint density at radius 3 is 2.23 bits per heavy atom. The van der Waals surface area contributed by atoms with Gasteiger partial charge in [0.25, 0.3) is 5.91 Å². The van der Waals surface area contributed by atoms with Crippen LogP contribution in [0.25, 0.3) is 0 Å². The van der Waals surface area contributed by atoms with Gasteiger partial charge >= 0.3 is 12.2 Å². The van der Waals surface area contributed by atoms with Gasteiger partial charge in [-0.25, -0.2) is 9.59 Å². The molecule has 1 aromatic carbocycles. The molecule has 0 radical (unpaired) electrons. The Hall–Kier alpha value is -4.16. The number of carbonyl (C=O) groups is 6. The van der Waals surface area contributed by atoms with Gasteiger partial charge in [0.1, 0.15) is 23.8 Å². The first kappa shape index (κ1) is 36.7. The Bertz CT molecular complexity index is 1400. The minimum absolute atomic E-state index is 0.0294.